The summed E-state index contributed by atoms with van der Waals surface area (Å²) in [6.07, 6.45) is -6.89. The largest absolute Gasteiger partial charge is 0.467 e. The number of hydrogen-bond donors (Lipinski definition) is 4. The number of aromatic nitrogens is 9. The summed E-state index contributed by atoms with van der Waals surface area (Å²) in [6.45, 7) is 1.44. The molecule has 2 amide bonds. The van der Waals surface area contributed by atoms with Gasteiger partial charge in [-0.25, -0.2) is 19.9 Å². The standard InChI is InChI=1S/C25H20F6N6O.C24H22F3N7O2/c1-37-11-17(15-4-2-3-5-18(15)24(26,27)28)19(12-37)34-23(38)14-8-16-21(35-36-22(16)33-10-14)13-6-7-32-20(9-13)25(29,30)31;1-34-11-17(15-5-3-4-6-18(15)24(25,26)27)19(12-34)31-22(35)13-7-16-20(32-33-21(16)28-8-13)14-9-29-23(36-2)30-10-14/h2-10,17,19H,11-12H2,1H3,(H,34,38)(H,33,35,36);3-10,17,19H,11-12H2,1-2H3,(H,31,35)(H,28,32,33)/t2*17-,19+/m00/s1. The molecule has 0 radical (unpaired) electrons. The minimum atomic E-state index is -4.65. The van der Waals surface area contributed by atoms with Crippen LogP contribution in [-0.4, -0.2) is 126 Å². The van der Waals surface area contributed by atoms with Gasteiger partial charge >= 0.3 is 24.5 Å². The number of carbonyl (C=O) groups excluding carboxylic acids is 2. The topological polar surface area (TPSA) is 196 Å². The highest BCUT2D eigenvalue weighted by Crippen LogP contribution is 2.40. The smallest absolute Gasteiger partial charge is 0.433 e. The first-order valence-corrected chi connectivity index (χ1v) is 22.6. The summed E-state index contributed by atoms with van der Waals surface area (Å²) in [7, 11) is 5.03. The molecule has 0 aliphatic carbocycles. The minimum absolute atomic E-state index is 0.0858. The normalized spacial score (nSPS) is 18.6. The maximum absolute atomic E-state index is 13.7. The van der Waals surface area contributed by atoms with Gasteiger partial charge in [-0.15, -0.1) is 0 Å². The van der Waals surface area contributed by atoms with Crippen LogP contribution in [0.15, 0.2) is 104 Å². The number of aromatic amines is 2. The van der Waals surface area contributed by atoms with Crippen molar-refractivity contribution >= 4 is 33.9 Å². The summed E-state index contributed by atoms with van der Waals surface area (Å²) < 4.78 is 126. The number of rotatable bonds is 9. The van der Waals surface area contributed by atoms with E-state index in [1.165, 1.54) is 62.0 Å². The predicted molar refractivity (Wildman–Crippen MR) is 249 cm³/mol. The molecule has 74 heavy (non-hydrogen) atoms. The Morgan fingerprint density at radius 3 is 1.49 bits per heavy atom. The van der Waals surface area contributed by atoms with Crippen LogP contribution < -0.4 is 15.4 Å². The fourth-order valence-corrected chi connectivity index (χ4v) is 9.36. The van der Waals surface area contributed by atoms with E-state index in [2.05, 4.69) is 55.9 Å². The Morgan fingerprint density at radius 2 is 1.04 bits per heavy atom. The fourth-order valence-electron chi connectivity index (χ4n) is 9.36. The van der Waals surface area contributed by atoms with Crippen LogP contribution in [0.5, 0.6) is 6.01 Å². The molecule has 0 unspecified atom stereocenters. The van der Waals surface area contributed by atoms with Crippen LogP contribution in [0.1, 0.15) is 60.5 Å². The van der Waals surface area contributed by atoms with Crippen LogP contribution in [-0.2, 0) is 18.5 Å². The number of hydrogen-bond acceptors (Lipinski definition) is 12. The second-order valence-corrected chi connectivity index (χ2v) is 17.8. The van der Waals surface area contributed by atoms with Gasteiger partial charge in [-0.05, 0) is 61.6 Å². The number of H-pyrrole nitrogens is 2. The second kappa shape index (κ2) is 20.1. The lowest BCUT2D eigenvalue weighted by atomic mass is 9.90. The molecular formula is C49H42F9N13O3. The van der Waals surface area contributed by atoms with Crippen molar-refractivity contribution < 1.29 is 53.8 Å². The molecule has 10 rings (SSSR count). The number of nitrogens with one attached hydrogen (secondary N) is 4. The summed E-state index contributed by atoms with van der Waals surface area (Å²) in [5.74, 6) is -2.14. The van der Waals surface area contributed by atoms with E-state index >= 15 is 0 Å². The van der Waals surface area contributed by atoms with Crippen LogP contribution in [0.3, 0.4) is 0 Å². The van der Waals surface area contributed by atoms with Crippen molar-refractivity contribution in [2.75, 3.05) is 47.4 Å². The molecule has 2 aromatic carbocycles. The van der Waals surface area contributed by atoms with Gasteiger partial charge in [0.15, 0.2) is 11.3 Å². The van der Waals surface area contributed by atoms with Crippen LogP contribution in [0.2, 0.25) is 0 Å². The van der Waals surface area contributed by atoms with E-state index in [4.69, 9.17) is 4.74 Å². The number of likely N-dealkylation sites (N-methyl/N-ethyl adjacent to an activating group) is 2. The van der Waals surface area contributed by atoms with E-state index in [-0.39, 0.29) is 45.2 Å². The molecule has 25 heteroatoms. The lowest BCUT2D eigenvalue weighted by molar-refractivity contribution is -0.141. The van der Waals surface area contributed by atoms with E-state index in [0.29, 0.717) is 53.9 Å². The molecule has 8 aromatic rings. The van der Waals surface area contributed by atoms with Gasteiger partial charge in [0.05, 0.1) is 40.8 Å². The molecule has 0 spiro atoms. The van der Waals surface area contributed by atoms with Gasteiger partial charge in [-0.2, -0.15) is 49.7 Å². The molecule has 6 aromatic heterocycles. The SMILES string of the molecule is CN1C[C@@H](NC(=O)c2cnc3n[nH]c(-c4ccnc(C(F)(F)F)c4)c3c2)[C@H](c2ccccc2C(F)(F)F)C1.COc1ncc(-c2[nH]nc3ncc(C(=O)N[C@@H]4CN(C)C[C@H]4c4ccccc4C(F)(F)F)cc23)cn1. The first-order valence-electron chi connectivity index (χ1n) is 22.6. The molecule has 2 saturated heterocycles. The quantitative estimate of drug-likeness (QED) is 0.102. The molecule has 2 aliphatic heterocycles. The number of likely N-dealkylation sites (tertiary alicyclic amines) is 2. The molecule has 2 fully saturated rings. The fraction of sp³-hybridized carbons (Fsp3) is 0.286. The first kappa shape index (κ1) is 50.9. The highest BCUT2D eigenvalue weighted by molar-refractivity contribution is 6.01. The zero-order chi connectivity index (χ0) is 52.7. The molecule has 0 bridgehead atoms. The van der Waals surface area contributed by atoms with Crippen LogP contribution in [0.25, 0.3) is 44.6 Å². The Kier molecular flexibility index (Phi) is 13.8. The van der Waals surface area contributed by atoms with Gasteiger partial charge in [0.2, 0.25) is 0 Å². The number of benzene rings is 2. The molecule has 8 heterocycles. The van der Waals surface area contributed by atoms with Crippen molar-refractivity contribution in [3.63, 3.8) is 0 Å². The number of ether oxygens (including phenoxy) is 1. The Hall–Kier alpha value is -8.06. The molecule has 4 atom stereocenters. The van der Waals surface area contributed by atoms with Gasteiger partial charge in [-0.3, -0.25) is 24.8 Å². The predicted octanol–water partition coefficient (Wildman–Crippen LogP) is 8.16. The van der Waals surface area contributed by atoms with Crippen molar-refractivity contribution in [3.8, 4) is 28.5 Å². The van der Waals surface area contributed by atoms with Crippen molar-refractivity contribution in [3.05, 3.63) is 143 Å². The van der Waals surface area contributed by atoms with Gasteiger partial charge < -0.3 is 25.2 Å². The molecule has 0 saturated carbocycles. The Balaban J connectivity index is 0.000000182. The number of carbonyl (C=O) groups is 2. The summed E-state index contributed by atoms with van der Waals surface area (Å²) >= 11 is 0. The maximum Gasteiger partial charge on any atom is 0.433 e. The molecule has 2 aliphatic rings. The van der Waals surface area contributed by atoms with Crippen molar-refractivity contribution in [1.82, 2.24) is 65.7 Å². The van der Waals surface area contributed by atoms with Gasteiger partial charge in [0, 0.05) is 103 Å². The summed E-state index contributed by atoms with van der Waals surface area (Å²) in [6, 6.07) is 15.2. The van der Waals surface area contributed by atoms with E-state index in [1.54, 1.807) is 31.6 Å². The Labute approximate surface area is 413 Å². The van der Waals surface area contributed by atoms with Crippen molar-refractivity contribution in [1.29, 1.82) is 0 Å². The summed E-state index contributed by atoms with van der Waals surface area (Å²) in [5.41, 5.74) is 0.237. The molecule has 4 N–H and O–H groups in total. The number of fused-ring (bicyclic) bond motifs is 2. The monoisotopic (exact) mass is 1030 g/mol. The van der Waals surface area contributed by atoms with Crippen molar-refractivity contribution in [2.24, 2.45) is 0 Å². The minimum Gasteiger partial charge on any atom is -0.467 e. The van der Waals surface area contributed by atoms with E-state index in [9.17, 15) is 49.1 Å². The molecule has 16 nitrogen and oxygen atoms in total. The van der Waals surface area contributed by atoms with Crippen LogP contribution in [0, 0.1) is 0 Å². The van der Waals surface area contributed by atoms with Crippen molar-refractivity contribution in [2.45, 2.75) is 42.4 Å². The maximum atomic E-state index is 13.7. The molecular weight excluding hydrogens is 990 g/mol. The highest BCUT2D eigenvalue weighted by atomic mass is 19.4. The highest BCUT2D eigenvalue weighted by Gasteiger charge is 2.42. The Bertz CT molecular complexity index is 3340. The van der Waals surface area contributed by atoms with Crippen LogP contribution in [0.4, 0.5) is 39.5 Å². The summed E-state index contributed by atoms with van der Waals surface area (Å²) in [4.78, 5) is 50.0. The lowest BCUT2D eigenvalue weighted by Gasteiger charge is -2.23. The Morgan fingerprint density at radius 1 is 0.581 bits per heavy atom. The van der Waals surface area contributed by atoms with Crippen LogP contribution >= 0.6 is 0 Å². The number of methoxy groups -OCH3 is 1. The van der Waals surface area contributed by atoms with Gasteiger partial charge in [-0.1, -0.05) is 36.4 Å². The summed E-state index contributed by atoms with van der Waals surface area (Å²) in [5, 5.41) is 20.3. The first-order chi connectivity index (χ1) is 35.2. The van der Waals surface area contributed by atoms with Gasteiger partial charge in [0.1, 0.15) is 5.69 Å². The number of nitrogens with zero attached hydrogens (tertiary/aromatic N) is 9. The third kappa shape index (κ3) is 10.7. The molecule has 384 valence electrons. The second-order valence-electron chi connectivity index (χ2n) is 17.8. The average molecular weight is 1030 g/mol. The number of pyridine rings is 3. The van der Waals surface area contributed by atoms with E-state index in [0.717, 1.165) is 24.4 Å². The third-order valence-corrected chi connectivity index (χ3v) is 12.8. The number of halogens is 9. The van der Waals surface area contributed by atoms with Gasteiger partial charge in [0.25, 0.3) is 11.8 Å². The number of alkyl halides is 9. The zero-order valence-electron chi connectivity index (χ0n) is 39.1. The zero-order valence-corrected chi connectivity index (χ0v) is 39.1. The van der Waals surface area contributed by atoms with E-state index in [1.807, 2.05) is 16.8 Å². The third-order valence-electron chi connectivity index (χ3n) is 12.8. The number of amides is 2. The average Bonchev–Trinajstić information content (AvgIpc) is 4.18. The lowest BCUT2D eigenvalue weighted by Crippen LogP contribution is -2.40. The van der Waals surface area contributed by atoms with E-state index < -0.39 is 71.1 Å².